The molecule has 0 unspecified atom stereocenters. The molecule has 2 aromatic carbocycles. The molecule has 1 aliphatic rings. The SMILES string of the molecule is O=C(O)NC1(c2ccc(C(=O)c3cccc4cnccc34)cc2)CCOCC1. The number of ketones is 1. The number of ether oxygens (including phenoxy) is 1. The van der Waals surface area contributed by atoms with Gasteiger partial charge in [-0.15, -0.1) is 0 Å². The molecule has 3 aromatic rings. The summed E-state index contributed by atoms with van der Waals surface area (Å²) in [5.74, 6) is -0.0735. The Morgan fingerprint density at radius 3 is 2.50 bits per heavy atom. The van der Waals surface area contributed by atoms with Gasteiger partial charge in [-0.25, -0.2) is 4.79 Å². The molecule has 0 aliphatic carbocycles. The maximum absolute atomic E-state index is 13.1. The Morgan fingerprint density at radius 1 is 1.04 bits per heavy atom. The lowest BCUT2D eigenvalue weighted by atomic mass is 9.82. The predicted octanol–water partition coefficient (Wildman–Crippen LogP) is 3.74. The number of hydrogen-bond donors (Lipinski definition) is 2. The van der Waals surface area contributed by atoms with E-state index in [1.165, 1.54) is 0 Å². The number of carboxylic acid groups (broad SMARTS) is 1. The summed E-state index contributed by atoms with van der Waals surface area (Å²) < 4.78 is 5.40. The fourth-order valence-corrected chi connectivity index (χ4v) is 3.83. The summed E-state index contributed by atoms with van der Waals surface area (Å²) >= 11 is 0. The molecule has 1 aromatic heterocycles. The molecule has 1 aliphatic heterocycles. The van der Waals surface area contributed by atoms with Gasteiger partial charge in [-0.05, 0) is 29.9 Å². The Bertz CT molecular complexity index is 1020. The zero-order chi connectivity index (χ0) is 19.6. The number of hydrogen-bond acceptors (Lipinski definition) is 4. The molecule has 2 heterocycles. The van der Waals surface area contributed by atoms with E-state index in [4.69, 9.17) is 4.74 Å². The maximum Gasteiger partial charge on any atom is 0.405 e. The molecule has 1 amide bonds. The molecule has 0 atom stereocenters. The van der Waals surface area contributed by atoms with E-state index in [9.17, 15) is 14.7 Å². The molecule has 4 rings (SSSR count). The lowest BCUT2D eigenvalue weighted by Gasteiger charge is -2.37. The van der Waals surface area contributed by atoms with Crippen LogP contribution in [0.2, 0.25) is 0 Å². The van der Waals surface area contributed by atoms with Crippen molar-refractivity contribution in [2.24, 2.45) is 0 Å². The van der Waals surface area contributed by atoms with Crippen molar-refractivity contribution in [1.82, 2.24) is 10.3 Å². The van der Waals surface area contributed by atoms with Crippen molar-refractivity contribution >= 4 is 22.6 Å². The van der Waals surface area contributed by atoms with Gasteiger partial charge in [0.2, 0.25) is 0 Å². The number of fused-ring (bicyclic) bond motifs is 1. The first-order valence-corrected chi connectivity index (χ1v) is 9.16. The molecular weight excluding hydrogens is 356 g/mol. The van der Waals surface area contributed by atoms with Gasteiger partial charge in [0.1, 0.15) is 0 Å². The van der Waals surface area contributed by atoms with Crippen LogP contribution in [0.25, 0.3) is 10.8 Å². The highest BCUT2D eigenvalue weighted by Gasteiger charge is 2.36. The number of nitrogens with zero attached hydrogens (tertiary/aromatic N) is 1. The largest absolute Gasteiger partial charge is 0.465 e. The first kappa shape index (κ1) is 18.1. The van der Waals surface area contributed by atoms with E-state index >= 15 is 0 Å². The van der Waals surface area contributed by atoms with E-state index in [0.717, 1.165) is 16.3 Å². The summed E-state index contributed by atoms with van der Waals surface area (Å²) in [6.45, 7) is 0.982. The molecule has 0 bridgehead atoms. The second kappa shape index (κ2) is 7.40. The number of aromatic nitrogens is 1. The maximum atomic E-state index is 13.1. The summed E-state index contributed by atoms with van der Waals surface area (Å²) in [6.07, 6.45) is 3.47. The van der Waals surface area contributed by atoms with Gasteiger partial charge in [0.05, 0.1) is 5.54 Å². The molecule has 6 heteroatoms. The van der Waals surface area contributed by atoms with Crippen LogP contribution in [0, 0.1) is 0 Å². The van der Waals surface area contributed by atoms with Gasteiger partial charge in [-0.2, -0.15) is 0 Å². The Hall–Kier alpha value is -3.25. The molecule has 1 fully saturated rings. The number of pyridine rings is 1. The van der Waals surface area contributed by atoms with Crippen LogP contribution in [-0.2, 0) is 10.3 Å². The summed E-state index contributed by atoms with van der Waals surface area (Å²) in [5, 5.41) is 13.7. The molecule has 0 spiro atoms. The van der Waals surface area contributed by atoms with Gasteiger partial charge in [-0.3, -0.25) is 9.78 Å². The molecular formula is C22H20N2O4. The summed E-state index contributed by atoms with van der Waals surface area (Å²) in [5.41, 5.74) is 1.34. The van der Waals surface area contributed by atoms with E-state index in [0.29, 0.717) is 37.2 Å². The first-order chi connectivity index (χ1) is 13.6. The van der Waals surface area contributed by atoms with Gasteiger partial charge < -0.3 is 15.2 Å². The third kappa shape index (κ3) is 3.34. The van der Waals surface area contributed by atoms with Gasteiger partial charge in [0.25, 0.3) is 0 Å². The molecule has 6 nitrogen and oxygen atoms in total. The van der Waals surface area contributed by atoms with Crippen LogP contribution in [0.15, 0.2) is 60.9 Å². The molecule has 142 valence electrons. The van der Waals surface area contributed by atoms with Crippen LogP contribution in [-0.4, -0.2) is 35.2 Å². The third-order valence-corrected chi connectivity index (χ3v) is 5.32. The summed E-state index contributed by atoms with van der Waals surface area (Å²) in [7, 11) is 0. The number of rotatable bonds is 4. The monoisotopic (exact) mass is 376 g/mol. The highest BCUT2D eigenvalue weighted by atomic mass is 16.5. The van der Waals surface area contributed by atoms with Gasteiger partial charge in [0, 0.05) is 42.1 Å². The van der Waals surface area contributed by atoms with E-state index < -0.39 is 11.6 Å². The minimum atomic E-state index is -1.06. The Morgan fingerprint density at radius 2 is 1.79 bits per heavy atom. The van der Waals surface area contributed by atoms with E-state index in [-0.39, 0.29) is 5.78 Å². The Labute approximate surface area is 162 Å². The van der Waals surface area contributed by atoms with Crippen LogP contribution in [0.5, 0.6) is 0 Å². The zero-order valence-corrected chi connectivity index (χ0v) is 15.2. The molecule has 2 N–H and O–H groups in total. The van der Waals surface area contributed by atoms with Crippen molar-refractivity contribution in [3.63, 3.8) is 0 Å². The van der Waals surface area contributed by atoms with Crippen molar-refractivity contribution in [2.45, 2.75) is 18.4 Å². The van der Waals surface area contributed by atoms with Gasteiger partial charge >= 0.3 is 6.09 Å². The zero-order valence-electron chi connectivity index (χ0n) is 15.2. The molecule has 0 saturated carbocycles. The first-order valence-electron chi connectivity index (χ1n) is 9.16. The van der Waals surface area contributed by atoms with Crippen molar-refractivity contribution < 1.29 is 19.4 Å². The minimum absolute atomic E-state index is 0.0735. The highest BCUT2D eigenvalue weighted by Crippen LogP contribution is 2.32. The number of carbonyl (C=O) groups is 2. The van der Waals surface area contributed by atoms with Gasteiger partial charge in [0.15, 0.2) is 5.78 Å². The average Bonchev–Trinajstić information content (AvgIpc) is 2.73. The van der Waals surface area contributed by atoms with Crippen LogP contribution in [0.4, 0.5) is 4.79 Å². The lowest BCUT2D eigenvalue weighted by Crippen LogP contribution is -2.49. The minimum Gasteiger partial charge on any atom is -0.465 e. The van der Waals surface area contributed by atoms with E-state index in [1.807, 2.05) is 36.4 Å². The van der Waals surface area contributed by atoms with E-state index in [2.05, 4.69) is 10.3 Å². The second-order valence-electron chi connectivity index (χ2n) is 6.93. The summed E-state index contributed by atoms with van der Waals surface area (Å²) in [6, 6.07) is 14.6. The van der Waals surface area contributed by atoms with Crippen LogP contribution in [0.1, 0.15) is 34.3 Å². The van der Waals surface area contributed by atoms with Crippen molar-refractivity contribution in [3.8, 4) is 0 Å². The Kier molecular flexibility index (Phi) is 4.79. The predicted molar refractivity (Wildman–Crippen MR) is 105 cm³/mol. The van der Waals surface area contributed by atoms with Crippen molar-refractivity contribution in [1.29, 1.82) is 0 Å². The third-order valence-electron chi connectivity index (χ3n) is 5.32. The smallest absolute Gasteiger partial charge is 0.405 e. The normalized spacial score (nSPS) is 15.9. The van der Waals surface area contributed by atoms with Crippen LogP contribution in [0.3, 0.4) is 0 Å². The number of amides is 1. The quantitative estimate of drug-likeness (QED) is 0.677. The van der Waals surface area contributed by atoms with E-state index in [1.54, 1.807) is 24.5 Å². The van der Waals surface area contributed by atoms with Crippen molar-refractivity contribution in [3.05, 3.63) is 77.6 Å². The highest BCUT2D eigenvalue weighted by molar-refractivity contribution is 6.16. The fourth-order valence-electron chi connectivity index (χ4n) is 3.83. The molecule has 28 heavy (non-hydrogen) atoms. The van der Waals surface area contributed by atoms with Crippen LogP contribution < -0.4 is 5.32 Å². The standard InChI is InChI=1S/C22H20N2O4/c25-20(19-3-1-2-16-14-23-11-8-18(16)19)15-4-6-17(7-5-15)22(24-21(26)27)9-12-28-13-10-22/h1-8,11,14,24H,9-10,12-13H2,(H,26,27). The number of benzene rings is 2. The fraction of sp³-hybridized carbons (Fsp3) is 0.227. The topological polar surface area (TPSA) is 88.5 Å². The molecule has 1 saturated heterocycles. The van der Waals surface area contributed by atoms with Gasteiger partial charge in [-0.1, -0.05) is 42.5 Å². The molecule has 0 radical (unpaired) electrons. The van der Waals surface area contributed by atoms with Crippen LogP contribution >= 0.6 is 0 Å². The van der Waals surface area contributed by atoms with Crippen molar-refractivity contribution in [2.75, 3.05) is 13.2 Å². The number of carbonyl (C=O) groups excluding carboxylic acids is 1. The lowest BCUT2D eigenvalue weighted by molar-refractivity contribution is 0.0374. The number of nitrogens with one attached hydrogen (secondary N) is 1. The Balaban J connectivity index is 1.67. The second-order valence-corrected chi connectivity index (χ2v) is 6.93. The average molecular weight is 376 g/mol. The summed E-state index contributed by atoms with van der Waals surface area (Å²) in [4.78, 5) is 28.5.